The molecule has 0 radical (unpaired) electrons. The highest BCUT2D eigenvalue weighted by Crippen LogP contribution is 2.34. The summed E-state index contributed by atoms with van der Waals surface area (Å²) in [5.41, 5.74) is -0.0953. The van der Waals surface area contributed by atoms with Crippen molar-refractivity contribution in [2.24, 2.45) is 0 Å². The molecule has 1 aliphatic rings. The first kappa shape index (κ1) is 16.4. The number of nitrogens with zero attached hydrogens (tertiary/aromatic N) is 3. The molecule has 0 unspecified atom stereocenters. The van der Waals surface area contributed by atoms with Crippen molar-refractivity contribution < 1.29 is 27.4 Å². The fraction of sp³-hybridized carbons (Fsp3) is 0.400. The minimum absolute atomic E-state index is 0.00808. The fourth-order valence-electron chi connectivity index (χ4n) is 2.47. The average Bonchev–Trinajstić information content (AvgIpc) is 2.93. The molecule has 0 amide bonds. The second-order valence-electron chi connectivity index (χ2n) is 5.21. The molecule has 0 atom stereocenters. The summed E-state index contributed by atoms with van der Waals surface area (Å²) in [4.78, 5) is 15.9. The van der Waals surface area contributed by atoms with Crippen molar-refractivity contribution in [3.05, 3.63) is 47.0 Å². The van der Waals surface area contributed by atoms with Gasteiger partial charge in [-0.15, -0.1) is 0 Å². The van der Waals surface area contributed by atoms with Crippen LogP contribution < -0.4 is 0 Å². The number of alkyl halides is 3. The molecule has 6 nitrogen and oxygen atoms in total. The standard InChI is InChI=1S/C15H14F3N3O3/c16-15(17,18)14-11-9-23-6-4-12(11)21(20-14)7-13(22)24-8-10-3-1-2-5-19-10/h1-3,5H,4,6-9H2. The SMILES string of the molecule is O=C(Cn1nc(C(F)(F)F)c2c1CCOC2)OCc1ccccn1. The van der Waals surface area contributed by atoms with Gasteiger partial charge in [-0.05, 0) is 12.1 Å². The largest absolute Gasteiger partial charge is 0.458 e. The van der Waals surface area contributed by atoms with Gasteiger partial charge in [0.05, 0.1) is 18.9 Å². The highest BCUT2D eigenvalue weighted by atomic mass is 19.4. The maximum atomic E-state index is 13.0. The van der Waals surface area contributed by atoms with Crippen LogP contribution in [0.4, 0.5) is 13.2 Å². The minimum Gasteiger partial charge on any atom is -0.458 e. The monoisotopic (exact) mass is 341 g/mol. The van der Waals surface area contributed by atoms with Crippen molar-refractivity contribution in [1.29, 1.82) is 0 Å². The Morgan fingerprint density at radius 3 is 2.92 bits per heavy atom. The summed E-state index contributed by atoms with van der Waals surface area (Å²) in [5.74, 6) is -0.675. The van der Waals surface area contributed by atoms with Crippen molar-refractivity contribution in [3.63, 3.8) is 0 Å². The van der Waals surface area contributed by atoms with Crippen molar-refractivity contribution in [3.8, 4) is 0 Å². The van der Waals surface area contributed by atoms with Gasteiger partial charge in [0.1, 0.15) is 13.2 Å². The number of pyridine rings is 1. The van der Waals surface area contributed by atoms with Gasteiger partial charge in [-0.2, -0.15) is 18.3 Å². The number of carbonyl (C=O) groups excluding carboxylic acids is 1. The van der Waals surface area contributed by atoms with Crippen LogP contribution in [0.5, 0.6) is 0 Å². The Morgan fingerprint density at radius 1 is 1.38 bits per heavy atom. The van der Waals surface area contributed by atoms with E-state index in [0.29, 0.717) is 18.0 Å². The van der Waals surface area contributed by atoms with Crippen LogP contribution in [0.25, 0.3) is 0 Å². The van der Waals surface area contributed by atoms with Crippen LogP contribution in [-0.4, -0.2) is 27.3 Å². The smallest absolute Gasteiger partial charge is 0.435 e. The molecular weight excluding hydrogens is 327 g/mol. The average molecular weight is 341 g/mol. The second kappa shape index (κ2) is 6.60. The third-order valence-electron chi connectivity index (χ3n) is 3.55. The molecule has 128 valence electrons. The van der Waals surface area contributed by atoms with Crippen LogP contribution in [0.3, 0.4) is 0 Å². The Morgan fingerprint density at radius 2 is 2.21 bits per heavy atom. The van der Waals surface area contributed by atoms with Crippen molar-refractivity contribution in [2.45, 2.75) is 32.4 Å². The topological polar surface area (TPSA) is 66.2 Å². The van der Waals surface area contributed by atoms with Gasteiger partial charge in [0.2, 0.25) is 0 Å². The molecule has 0 N–H and O–H groups in total. The summed E-state index contributed by atoms with van der Waals surface area (Å²) in [6, 6.07) is 5.15. The highest BCUT2D eigenvalue weighted by Gasteiger charge is 2.40. The summed E-state index contributed by atoms with van der Waals surface area (Å²) in [5, 5.41) is 3.55. The summed E-state index contributed by atoms with van der Waals surface area (Å²) < 4.78 is 50.3. The van der Waals surface area contributed by atoms with Gasteiger partial charge in [-0.1, -0.05) is 6.07 Å². The van der Waals surface area contributed by atoms with Gasteiger partial charge < -0.3 is 9.47 Å². The first-order valence-electron chi connectivity index (χ1n) is 7.24. The van der Waals surface area contributed by atoms with E-state index in [-0.39, 0.29) is 31.7 Å². The van der Waals surface area contributed by atoms with Crippen LogP contribution in [0.1, 0.15) is 22.6 Å². The van der Waals surface area contributed by atoms with Crippen LogP contribution in [-0.2, 0) is 46.6 Å². The van der Waals surface area contributed by atoms with Gasteiger partial charge in [0.15, 0.2) is 5.69 Å². The number of aromatic nitrogens is 3. The van der Waals surface area contributed by atoms with E-state index >= 15 is 0 Å². The molecule has 0 saturated heterocycles. The van der Waals surface area contributed by atoms with E-state index in [1.807, 2.05) is 0 Å². The molecule has 0 aromatic carbocycles. The lowest BCUT2D eigenvalue weighted by Crippen LogP contribution is -2.19. The molecule has 1 aliphatic heterocycles. The number of hydrogen-bond donors (Lipinski definition) is 0. The quantitative estimate of drug-likeness (QED) is 0.797. The maximum Gasteiger partial charge on any atom is 0.435 e. The number of fused-ring (bicyclic) bond motifs is 1. The van der Waals surface area contributed by atoms with Crippen LogP contribution in [0.2, 0.25) is 0 Å². The van der Waals surface area contributed by atoms with Gasteiger partial charge in [-0.25, -0.2) is 0 Å². The number of esters is 1. The lowest BCUT2D eigenvalue weighted by molar-refractivity contribution is -0.147. The van der Waals surface area contributed by atoms with Crippen LogP contribution in [0.15, 0.2) is 24.4 Å². The molecule has 0 saturated carbocycles. The fourth-order valence-corrected chi connectivity index (χ4v) is 2.47. The maximum absolute atomic E-state index is 13.0. The number of ether oxygens (including phenoxy) is 2. The summed E-state index contributed by atoms with van der Waals surface area (Å²) in [6.45, 7) is -0.296. The predicted octanol–water partition coefficient (Wildman–Crippen LogP) is 2.11. The molecule has 2 aromatic rings. The molecule has 0 fully saturated rings. The Bertz CT molecular complexity index is 729. The van der Waals surface area contributed by atoms with Crippen molar-refractivity contribution in [1.82, 2.24) is 14.8 Å². The molecule has 3 heterocycles. The third-order valence-corrected chi connectivity index (χ3v) is 3.55. The number of rotatable bonds is 4. The van der Waals surface area contributed by atoms with E-state index in [1.54, 1.807) is 24.4 Å². The van der Waals surface area contributed by atoms with Gasteiger partial charge in [0.25, 0.3) is 0 Å². The summed E-state index contributed by atoms with van der Waals surface area (Å²) >= 11 is 0. The lowest BCUT2D eigenvalue weighted by atomic mass is 10.1. The number of halogens is 3. The Balaban J connectivity index is 1.72. The van der Waals surface area contributed by atoms with Crippen molar-refractivity contribution in [2.75, 3.05) is 6.61 Å². The highest BCUT2D eigenvalue weighted by molar-refractivity contribution is 5.69. The Hall–Kier alpha value is -2.42. The van der Waals surface area contributed by atoms with E-state index in [0.717, 1.165) is 4.68 Å². The molecular formula is C15H14F3N3O3. The van der Waals surface area contributed by atoms with E-state index in [9.17, 15) is 18.0 Å². The van der Waals surface area contributed by atoms with Gasteiger partial charge >= 0.3 is 12.1 Å². The van der Waals surface area contributed by atoms with Gasteiger partial charge in [-0.3, -0.25) is 14.5 Å². The first-order valence-corrected chi connectivity index (χ1v) is 7.24. The predicted molar refractivity (Wildman–Crippen MR) is 74.6 cm³/mol. The normalized spacial score (nSPS) is 14.3. The molecule has 0 bridgehead atoms. The third kappa shape index (κ3) is 3.56. The Labute approximate surface area is 135 Å². The van der Waals surface area contributed by atoms with E-state index in [1.165, 1.54) is 0 Å². The Kier molecular flexibility index (Phi) is 4.52. The number of hydrogen-bond acceptors (Lipinski definition) is 5. The molecule has 2 aromatic heterocycles. The second-order valence-corrected chi connectivity index (χ2v) is 5.21. The molecule has 3 rings (SSSR count). The van der Waals surface area contributed by atoms with E-state index in [2.05, 4.69) is 10.1 Å². The minimum atomic E-state index is -4.59. The molecule has 0 spiro atoms. The van der Waals surface area contributed by atoms with E-state index < -0.39 is 17.8 Å². The molecule has 9 heteroatoms. The van der Waals surface area contributed by atoms with Crippen LogP contribution >= 0.6 is 0 Å². The van der Waals surface area contributed by atoms with Crippen LogP contribution in [0, 0.1) is 0 Å². The molecule has 0 aliphatic carbocycles. The number of carbonyl (C=O) groups is 1. The zero-order chi connectivity index (χ0) is 17.2. The zero-order valence-electron chi connectivity index (χ0n) is 12.5. The lowest BCUT2D eigenvalue weighted by Gasteiger charge is -2.15. The van der Waals surface area contributed by atoms with Gasteiger partial charge in [0, 0.05) is 23.9 Å². The summed E-state index contributed by atoms with van der Waals surface area (Å²) in [7, 11) is 0. The first-order chi connectivity index (χ1) is 11.4. The summed E-state index contributed by atoms with van der Waals surface area (Å²) in [6.07, 6.45) is -2.76. The molecule has 24 heavy (non-hydrogen) atoms. The zero-order valence-corrected chi connectivity index (χ0v) is 12.5. The van der Waals surface area contributed by atoms with Crippen molar-refractivity contribution >= 4 is 5.97 Å². The van der Waals surface area contributed by atoms with E-state index in [4.69, 9.17) is 9.47 Å².